The summed E-state index contributed by atoms with van der Waals surface area (Å²) in [5.41, 5.74) is 2.56. The number of benzene rings is 2. The maximum absolute atomic E-state index is 12.1. The molecule has 1 atom stereocenters. The van der Waals surface area contributed by atoms with E-state index in [2.05, 4.69) is 60.8 Å². The molecule has 1 N–H and O–H groups in total. The van der Waals surface area contributed by atoms with E-state index in [4.69, 9.17) is 0 Å². The summed E-state index contributed by atoms with van der Waals surface area (Å²) in [7, 11) is 0. The van der Waals surface area contributed by atoms with Gasteiger partial charge in [-0.2, -0.15) is 11.8 Å². The number of hydrogen-bond donors (Lipinski definition) is 1. The first-order valence-electron chi connectivity index (χ1n) is 7.78. The first kappa shape index (κ1) is 18.0. The molecule has 0 aliphatic heterocycles. The second-order valence-corrected chi connectivity index (χ2v) is 7.92. The second-order valence-electron chi connectivity index (χ2n) is 5.40. The highest BCUT2D eigenvalue weighted by molar-refractivity contribution is 8.00. The molecule has 4 heteroatoms. The number of carbonyl (C=O) groups is 1. The maximum Gasteiger partial charge on any atom is 0.233 e. The van der Waals surface area contributed by atoms with Gasteiger partial charge in [-0.05, 0) is 31.5 Å². The number of thioether (sulfide) groups is 2. The van der Waals surface area contributed by atoms with Gasteiger partial charge in [0.2, 0.25) is 5.91 Å². The third-order valence-corrected chi connectivity index (χ3v) is 5.50. The van der Waals surface area contributed by atoms with Crippen molar-refractivity contribution in [1.82, 2.24) is 5.32 Å². The number of nitrogens with one attached hydrogen (secondary N) is 1. The van der Waals surface area contributed by atoms with Crippen molar-refractivity contribution < 1.29 is 4.79 Å². The molecular weight excluding hydrogens is 322 g/mol. The standard InChI is InChI=1S/C19H23NOS2/c1-15-8-10-18(11-9-15)23-16(2)19(21)20-12-13-22-14-17-6-4-3-5-7-17/h3-11,16H,12-14H2,1-2H3,(H,20,21)/t16-/m1/s1. The van der Waals surface area contributed by atoms with Crippen LogP contribution in [0.25, 0.3) is 0 Å². The molecule has 0 fully saturated rings. The summed E-state index contributed by atoms with van der Waals surface area (Å²) in [5, 5.41) is 2.95. The predicted molar refractivity (Wildman–Crippen MR) is 102 cm³/mol. The molecule has 2 aromatic rings. The Kier molecular flexibility index (Phi) is 7.56. The molecule has 0 radical (unpaired) electrons. The molecule has 2 nitrogen and oxygen atoms in total. The number of amides is 1. The quantitative estimate of drug-likeness (QED) is 0.563. The minimum atomic E-state index is -0.0724. The van der Waals surface area contributed by atoms with Gasteiger partial charge in [-0.15, -0.1) is 11.8 Å². The van der Waals surface area contributed by atoms with E-state index in [9.17, 15) is 4.79 Å². The summed E-state index contributed by atoms with van der Waals surface area (Å²) < 4.78 is 0. The van der Waals surface area contributed by atoms with Gasteiger partial charge in [0.1, 0.15) is 0 Å². The third kappa shape index (κ3) is 6.71. The average molecular weight is 346 g/mol. The maximum atomic E-state index is 12.1. The normalized spacial score (nSPS) is 11.9. The van der Waals surface area contributed by atoms with Gasteiger partial charge in [-0.3, -0.25) is 4.79 Å². The van der Waals surface area contributed by atoms with Crippen molar-refractivity contribution in [3.63, 3.8) is 0 Å². The average Bonchev–Trinajstić information content (AvgIpc) is 2.57. The molecule has 122 valence electrons. The molecule has 2 rings (SSSR count). The monoisotopic (exact) mass is 345 g/mol. The summed E-state index contributed by atoms with van der Waals surface area (Å²) in [6, 6.07) is 18.7. The summed E-state index contributed by atoms with van der Waals surface area (Å²) in [4.78, 5) is 13.2. The first-order chi connectivity index (χ1) is 11.1. The highest BCUT2D eigenvalue weighted by atomic mass is 32.2. The van der Waals surface area contributed by atoms with Crippen LogP contribution in [0.5, 0.6) is 0 Å². The van der Waals surface area contributed by atoms with Gasteiger partial charge in [0.05, 0.1) is 5.25 Å². The minimum Gasteiger partial charge on any atom is -0.354 e. The van der Waals surface area contributed by atoms with Crippen molar-refractivity contribution in [2.75, 3.05) is 12.3 Å². The SMILES string of the molecule is Cc1ccc(S[C@H](C)C(=O)NCCSCc2ccccc2)cc1. The molecule has 0 unspecified atom stereocenters. The van der Waals surface area contributed by atoms with E-state index >= 15 is 0 Å². The van der Waals surface area contributed by atoms with Crippen molar-refractivity contribution in [3.8, 4) is 0 Å². The fraction of sp³-hybridized carbons (Fsp3) is 0.316. The predicted octanol–water partition coefficient (Wildman–Crippen LogP) is 4.53. The number of hydrogen-bond acceptors (Lipinski definition) is 3. The van der Waals surface area contributed by atoms with Gasteiger partial charge in [0.15, 0.2) is 0 Å². The lowest BCUT2D eigenvalue weighted by Crippen LogP contribution is -2.32. The van der Waals surface area contributed by atoms with Crippen LogP contribution in [-0.4, -0.2) is 23.5 Å². The number of rotatable bonds is 8. The second kappa shape index (κ2) is 9.68. The van der Waals surface area contributed by atoms with Gasteiger partial charge in [-0.1, -0.05) is 48.0 Å². The van der Waals surface area contributed by atoms with Crippen molar-refractivity contribution in [1.29, 1.82) is 0 Å². The molecule has 0 spiro atoms. The van der Waals surface area contributed by atoms with Gasteiger partial charge in [0, 0.05) is 22.9 Å². The molecule has 23 heavy (non-hydrogen) atoms. The van der Waals surface area contributed by atoms with Crippen molar-refractivity contribution in [2.24, 2.45) is 0 Å². The lowest BCUT2D eigenvalue weighted by atomic mass is 10.2. The van der Waals surface area contributed by atoms with Crippen molar-refractivity contribution >= 4 is 29.4 Å². The zero-order chi connectivity index (χ0) is 16.5. The Hall–Kier alpha value is -1.39. The Balaban J connectivity index is 1.63. The molecule has 0 saturated heterocycles. The first-order valence-corrected chi connectivity index (χ1v) is 9.81. The van der Waals surface area contributed by atoms with Crippen LogP contribution in [0.4, 0.5) is 0 Å². The van der Waals surface area contributed by atoms with Crippen molar-refractivity contribution in [2.45, 2.75) is 29.7 Å². The Labute approximate surface area is 147 Å². The van der Waals surface area contributed by atoms with Crippen LogP contribution in [0.1, 0.15) is 18.1 Å². The smallest absolute Gasteiger partial charge is 0.233 e. The van der Waals surface area contributed by atoms with Crippen LogP contribution in [0, 0.1) is 6.92 Å². The number of carbonyl (C=O) groups excluding carboxylic acids is 1. The molecule has 0 aliphatic rings. The van der Waals surface area contributed by atoms with E-state index in [1.165, 1.54) is 11.1 Å². The van der Waals surface area contributed by atoms with E-state index in [1.807, 2.05) is 24.8 Å². The van der Waals surface area contributed by atoms with Gasteiger partial charge < -0.3 is 5.32 Å². The molecule has 0 bridgehead atoms. The zero-order valence-corrected chi connectivity index (χ0v) is 15.3. The Morgan fingerprint density at radius 1 is 1.09 bits per heavy atom. The highest BCUT2D eigenvalue weighted by Crippen LogP contribution is 2.23. The Morgan fingerprint density at radius 2 is 1.78 bits per heavy atom. The Bertz CT molecular complexity index is 599. The van der Waals surface area contributed by atoms with Gasteiger partial charge in [0.25, 0.3) is 0 Å². The van der Waals surface area contributed by atoms with Crippen LogP contribution >= 0.6 is 23.5 Å². The van der Waals surface area contributed by atoms with Crippen LogP contribution < -0.4 is 5.32 Å². The topological polar surface area (TPSA) is 29.1 Å². The van der Waals surface area contributed by atoms with Gasteiger partial charge >= 0.3 is 0 Å². The molecule has 0 aliphatic carbocycles. The fourth-order valence-electron chi connectivity index (χ4n) is 2.03. The molecule has 0 heterocycles. The summed E-state index contributed by atoms with van der Waals surface area (Å²) in [5.74, 6) is 2.03. The lowest BCUT2D eigenvalue weighted by Gasteiger charge is -2.12. The molecular formula is C19H23NOS2. The highest BCUT2D eigenvalue weighted by Gasteiger charge is 2.13. The largest absolute Gasteiger partial charge is 0.354 e. The van der Waals surface area contributed by atoms with E-state index in [1.54, 1.807) is 11.8 Å². The summed E-state index contributed by atoms with van der Waals surface area (Å²) in [6.45, 7) is 4.74. The molecule has 0 saturated carbocycles. The van der Waals surface area contributed by atoms with E-state index in [0.29, 0.717) is 0 Å². The lowest BCUT2D eigenvalue weighted by molar-refractivity contribution is -0.120. The van der Waals surface area contributed by atoms with Gasteiger partial charge in [-0.25, -0.2) is 0 Å². The molecule has 1 amide bonds. The summed E-state index contributed by atoms with van der Waals surface area (Å²) in [6.07, 6.45) is 0. The zero-order valence-electron chi connectivity index (χ0n) is 13.6. The van der Waals surface area contributed by atoms with Crippen LogP contribution in [-0.2, 0) is 10.5 Å². The van der Waals surface area contributed by atoms with E-state index in [-0.39, 0.29) is 11.2 Å². The van der Waals surface area contributed by atoms with E-state index < -0.39 is 0 Å². The molecule has 2 aromatic carbocycles. The van der Waals surface area contributed by atoms with Crippen LogP contribution in [0.2, 0.25) is 0 Å². The number of aryl methyl sites for hydroxylation is 1. The molecule has 0 aromatic heterocycles. The van der Waals surface area contributed by atoms with E-state index in [0.717, 1.165) is 22.9 Å². The van der Waals surface area contributed by atoms with Crippen molar-refractivity contribution in [3.05, 3.63) is 65.7 Å². The van der Waals surface area contributed by atoms with Crippen LogP contribution in [0.3, 0.4) is 0 Å². The third-order valence-electron chi connectivity index (χ3n) is 3.36. The summed E-state index contributed by atoms with van der Waals surface area (Å²) >= 11 is 3.45. The fourth-order valence-corrected chi connectivity index (χ4v) is 3.74. The van der Waals surface area contributed by atoms with Crippen LogP contribution in [0.15, 0.2) is 59.5 Å². The minimum absolute atomic E-state index is 0.0724. The Morgan fingerprint density at radius 3 is 2.48 bits per heavy atom.